The van der Waals surface area contributed by atoms with Gasteiger partial charge in [0, 0.05) is 13.1 Å². The van der Waals surface area contributed by atoms with E-state index in [1.54, 1.807) is 45.0 Å². The van der Waals surface area contributed by atoms with Gasteiger partial charge in [-0.05, 0) is 43.2 Å². The summed E-state index contributed by atoms with van der Waals surface area (Å²) < 4.78 is 51.1. The minimum Gasteiger partial charge on any atom is -0.493 e. The van der Waals surface area contributed by atoms with Crippen molar-refractivity contribution in [2.45, 2.75) is 33.0 Å². The van der Waals surface area contributed by atoms with E-state index in [9.17, 15) is 22.8 Å². The molecule has 10 heteroatoms. The van der Waals surface area contributed by atoms with E-state index in [0.717, 1.165) is 12.1 Å². The number of rotatable bonds is 8. The summed E-state index contributed by atoms with van der Waals surface area (Å²) in [6.07, 6.45) is -4.57. The van der Waals surface area contributed by atoms with E-state index in [1.165, 1.54) is 6.07 Å². The van der Waals surface area contributed by atoms with E-state index >= 15 is 0 Å². The number of hydrogen-bond acceptors (Lipinski definition) is 5. The van der Waals surface area contributed by atoms with Crippen molar-refractivity contribution in [1.82, 2.24) is 5.32 Å². The molecular weight excluding hydrogens is 463 g/mol. The van der Waals surface area contributed by atoms with Gasteiger partial charge in [0.25, 0.3) is 5.91 Å². The summed E-state index contributed by atoms with van der Waals surface area (Å²) in [5.74, 6) is -1.09. The predicted molar refractivity (Wildman–Crippen MR) is 127 cm³/mol. The Balaban J connectivity index is 1.87. The highest BCUT2D eigenvalue weighted by molar-refractivity contribution is 6.03. The summed E-state index contributed by atoms with van der Waals surface area (Å²) in [4.78, 5) is 28.1. The summed E-state index contributed by atoms with van der Waals surface area (Å²) in [6.45, 7) is 7.46. The first-order valence-corrected chi connectivity index (χ1v) is 11.5. The highest BCUT2D eigenvalue weighted by Crippen LogP contribution is 2.36. The number of anilines is 2. The SMILES string of the molecule is CCOc1ccccc1C(=O)N[C@H](C(=O)Nc1cc(C(F)(F)F)ccc1N1CCOCC1)C(C)C. The van der Waals surface area contributed by atoms with Gasteiger partial charge in [-0.15, -0.1) is 0 Å². The second-order valence-electron chi connectivity index (χ2n) is 8.44. The van der Waals surface area contributed by atoms with Crippen LogP contribution in [0.1, 0.15) is 36.7 Å². The molecule has 0 aromatic heterocycles. The van der Waals surface area contributed by atoms with Crippen molar-refractivity contribution in [2.75, 3.05) is 43.1 Å². The summed E-state index contributed by atoms with van der Waals surface area (Å²) in [5, 5.41) is 5.34. The first kappa shape index (κ1) is 26.3. The van der Waals surface area contributed by atoms with E-state index in [0.29, 0.717) is 44.3 Å². The van der Waals surface area contributed by atoms with Crippen LogP contribution >= 0.6 is 0 Å². The van der Waals surface area contributed by atoms with Crippen LogP contribution in [-0.2, 0) is 15.7 Å². The molecule has 190 valence electrons. The molecule has 2 amide bonds. The third kappa shape index (κ3) is 6.66. The number of ether oxygens (including phenoxy) is 2. The average molecular weight is 494 g/mol. The third-order valence-electron chi connectivity index (χ3n) is 5.60. The number of nitrogens with zero attached hydrogens (tertiary/aromatic N) is 1. The van der Waals surface area contributed by atoms with Gasteiger partial charge in [0.2, 0.25) is 5.91 Å². The molecule has 0 unspecified atom stereocenters. The molecule has 2 aromatic carbocycles. The van der Waals surface area contributed by atoms with E-state index < -0.39 is 29.6 Å². The molecule has 0 bridgehead atoms. The Morgan fingerprint density at radius 1 is 1.11 bits per heavy atom. The van der Waals surface area contributed by atoms with Crippen molar-refractivity contribution in [1.29, 1.82) is 0 Å². The second-order valence-corrected chi connectivity index (χ2v) is 8.44. The van der Waals surface area contributed by atoms with Gasteiger partial charge in [0.05, 0.1) is 42.3 Å². The van der Waals surface area contributed by atoms with Crippen molar-refractivity contribution in [2.24, 2.45) is 5.92 Å². The molecule has 1 aliphatic rings. The van der Waals surface area contributed by atoms with Crippen LogP contribution in [0.3, 0.4) is 0 Å². The zero-order valence-electron chi connectivity index (χ0n) is 19.9. The molecule has 2 aromatic rings. The Kier molecular flexibility index (Phi) is 8.61. The molecule has 2 N–H and O–H groups in total. The van der Waals surface area contributed by atoms with Crippen LogP contribution < -0.4 is 20.3 Å². The van der Waals surface area contributed by atoms with Gasteiger partial charge < -0.3 is 25.0 Å². The number of halogens is 3. The zero-order chi connectivity index (χ0) is 25.6. The fourth-order valence-corrected chi connectivity index (χ4v) is 3.79. The van der Waals surface area contributed by atoms with E-state index in [4.69, 9.17) is 9.47 Å². The predicted octanol–water partition coefficient (Wildman–Crippen LogP) is 4.33. The number of nitrogens with one attached hydrogen (secondary N) is 2. The Labute approximate surface area is 202 Å². The number of amides is 2. The van der Waals surface area contributed by atoms with Crippen molar-refractivity contribution in [3.63, 3.8) is 0 Å². The van der Waals surface area contributed by atoms with Gasteiger partial charge >= 0.3 is 6.18 Å². The van der Waals surface area contributed by atoms with Crippen molar-refractivity contribution < 1.29 is 32.2 Å². The molecule has 0 spiro atoms. The van der Waals surface area contributed by atoms with Crippen LogP contribution in [0.5, 0.6) is 5.75 Å². The molecule has 0 saturated carbocycles. The lowest BCUT2D eigenvalue weighted by Crippen LogP contribution is -2.47. The highest BCUT2D eigenvalue weighted by Gasteiger charge is 2.33. The van der Waals surface area contributed by atoms with Gasteiger partial charge in [-0.25, -0.2) is 0 Å². The molecule has 1 fully saturated rings. The molecule has 0 radical (unpaired) electrons. The number of benzene rings is 2. The average Bonchev–Trinajstić information content (AvgIpc) is 2.82. The molecule has 1 saturated heterocycles. The van der Waals surface area contributed by atoms with Gasteiger partial charge in [-0.2, -0.15) is 13.2 Å². The Morgan fingerprint density at radius 2 is 1.80 bits per heavy atom. The fraction of sp³-hybridized carbons (Fsp3) is 0.440. The molecule has 1 heterocycles. The van der Waals surface area contributed by atoms with E-state index in [2.05, 4.69) is 10.6 Å². The Hall–Kier alpha value is -3.27. The van der Waals surface area contributed by atoms with Crippen molar-refractivity contribution >= 4 is 23.2 Å². The first-order valence-electron chi connectivity index (χ1n) is 11.5. The van der Waals surface area contributed by atoms with Crippen LogP contribution in [0.2, 0.25) is 0 Å². The smallest absolute Gasteiger partial charge is 0.416 e. The molecule has 35 heavy (non-hydrogen) atoms. The minimum absolute atomic E-state index is 0.0290. The fourth-order valence-electron chi connectivity index (χ4n) is 3.79. The van der Waals surface area contributed by atoms with Crippen LogP contribution in [0, 0.1) is 5.92 Å². The van der Waals surface area contributed by atoms with Crippen LogP contribution in [-0.4, -0.2) is 50.8 Å². The quantitative estimate of drug-likeness (QED) is 0.572. The topological polar surface area (TPSA) is 79.9 Å². The molecule has 1 atom stereocenters. The van der Waals surface area contributed by atoms with Gasteiger partial charge in [0.1, 0.15) is 11.8 Å². The van der Waals surface area contributed by atoms with Crippen LogP contribution in [0.15, 0.2) is 42.5 Å². The largest absolute Gasteiger partial charge is 0.493 e. The normalized spacial score (nSPS) is 15.0. The highest BCUT2D eigenvalue weighted by atomic mass is 19.4. The summed E-state index contributed by atoms with van der Waals surface area (Å²) in [5.41, 5.74) is -0.118. The maximum Gasteiger partial charge on any atom is 0.416 e. The number of para-hydroxylation sites is 1. The van der Waals surface area contributed by atoms with Gasteiger partial charge in [-0.1, -0.05) is 26.0 Å². The molecule has 0 aliphatic carbocycles. The number of carbonyl (C=O) groups excluding carboxylic acids is 2. The monoisotopic (exact) mass is 493 g/mol. The van der Waals surface area contributed by atoms with Crippen molar-refractivity contribution in [3.8, 4) is 5.75 Å². The lowest BCUT2D eigenvalue weighted by Gasteiger charge is -2.31. The number of hydrogen-bond donors (Lipinski definition) is 2. The summed E-state index contributed by atoms with van der Waals surface area (Å²) in [6, 6.07) is 8.92. The number of carbonyl (C=O) groups is 2. The third-order valence-corrected chi connectivity index (χ3v) is 5.60. The summed E-state index contributed by atoms with van der Waals surface area (Å²) >= 11 is 0. The second kappa shape index (κ2) is 11.4. The molecule has 7 nitrogen and oxygen atoms in total. The number of morpholine rings is 1. The maximum absolute atomic E-state index is 13.4. The zero-order valence-corrected chi connectivity index (χ0v) is 19.9. The molecule has 3 rings (SSSR count). The lowest BCUT2D eigenvalue weighted by atomic mass is 10.0. The molecular formula is C25H30F3N3O4. The van der Waals surface area contributed by atoms with Gasteiger partial charge in [-0.3, -0.25) is 9.59 Å². The van der Waals surface area contributed by atoms with Crippen molar-refractivity contribution in [3.05, 3.63) is 53.6 Å². The van der Waals surface area contributed by atoms with E-state index in [-0.39, 0.29) is 17.2 Å². The van der Waals surface area contributed by atoms with Gasteiger partial charge in [0.15, 0.2) is 0 Å². The minimum atomic E-state index is -4.57. The van der Waals surface area contributed by atoms with E-state index in [1.807, 2.05) is 4.90 Å². The van der Waals surface area contributed by atoms with Crippen LogP contribution in [0.4, 0.5) is 24.5 Å². The molecule has 1 aliphatic heterocycles. The number of alkyl halides is 3. The lowest BCUT2D eigenvalue weighted by molar-refractivity contribution is -0.137. The Bertz CT molecular complexity index is 1040. The first-order chi connectivity index (χ1) is 16.6. The Morgan fingerprint density at radius 3 is 2.43 bits per heavy atom. The maximum atomic E-state index is 13.4. The van der Waals surface area contributed by atoms with Crippen LogP contribution in [0.25, 0.3) is 0 Å². The summed E-state index contributed by atoms with van der Waals surface area (Å²) in [7, 11) is 0. The standard InChI is InChI=1S/C25H30F3N3O4/c1-4-35-21-8-6-5-7-18(21)23(32)30-22(16(2)3)24(33)29-19-15-17(25(26,27)28)9-10-20(19)31-11-13-34-14-12-31/h5-10,15-16,22H,4,11-14H2,1-3H3,(H,29,33)(H,30,32)/t22-/m0/s1.